The number of carbonyl (C=O) groups is 2. The van der Waals surface area contributed by atoms with Crippen molar-refractivity contribution in [3.05, 3.63) is 59.7 Å². The number of ether oxygens (including phenoxy) is 3. The van der Waals surface area contributed by atoms with Gasteiger partial charge in [-0.05, 0) is 57.5 Å². The predicted molar refractivity (Wildman–Crippen MR) is 122 cm³/mol. The number of pyridine rings is 1. The molecule has 0 atom stereocenters. The number of nitrogens with one attached hydrogen (secondary N) is 1. The third-order valence-electron chi connectivity index (χ3n) is 4.50. The smallest absolute Gasteiger partial charge is 0.363 e. The number of aromatic nitrogens is 3. The van der Waals surface area contributed by atoms with Crippen LogP contribution in [0.25, 0.3) is 11.3 Å². The minimum absolute atomic E-state index is 0.0219. The average Bonchev–Trinajstić information content (AvgIpc) is 2.78. The number of rotatable bonds is 8. The van der Waals surface area contributed by atoms with Crippen molar-refractivity contribution >= 4 is 11.9 Å². The molecule has 3 rings (SSSR count). The third kappa shape index (κ3) is 5.82. The predicted octanol–water partition coefficient (Wildman–Crippen LogP) is 3.61. The SMILES string of the molecule is CCNC(=O)c1cnc(C(=O)Oc2cncc(-c3ccc(OC)c(OC(C)C)c3)n2)c(C)c1. The summed E-state index contributed by atoms with van der Waals surface area (Å²) in [5, 5.41) is 2.69. The summed E-state index contributed by atoms with van der Waals surface area (Å²) < 4.78 is 16.6. The Morgan fingerprint density at radius 1 is 1.09 bits per heavy atom. The van der Waals surface area contributed by atoms with Crippen LogP contribution in [0.5, 0.6) is 17.4 Å². The van der Waals surface area contributed by atoms with Crippen molar-refractivity contribution in [3.63, 3.8) is 0 Å². The van der Waals surface area contributed by atoms with Crippen LogP contribution in [0.2, 0.25) is 0 Å². The molecule has 1 aromatic carbocycles. The van der Waals surface area contributed by atoms with Gasteiger partial charge in [0.25, 0.3) is 5.91 Å². The van der Waals surface area contributed by atoms with Gasteiger partial charge in [0.2, 0.25) is 5.88 Å². The van der Waals surface area contributed by atoms with Crippen molar-refractivity contribution in [1.82, 2.24) is 20.3 Å². The van der Waals surface area contributed by atoms with E-state index in [9.17, 15) is 9.59 Å². The van der Waals surface area contributed by atoms with E-state index in [0.29, 0.717) is 34.9 Å². The number of hydrogen-bond donors (Lipinski definition) is 1. The number of carbonyl (C=O) groups excluding carboxylic acids is 2. The molecule has 0 saturated heterocycles. The van der Waals surface area contributed by atoms with Gasteiger partial charge in [0.1, 0.15) is 0 Å². The number of methoxy groups -OCH3 is 1. The van der Waals surface area contributed by atoms with Crippen LogP contribution in [0.4, 0.5) is 0 Å². The number of esters is 1. The lowest BCUT2D eigenvalue weighted by Crippen LogP contribution is -2.23. The van der Waals surface area contributed by atoms with Gasteiger partial charge in [0.15, 0.2) is 17.2 Å². The number of amides is 1. The first-order chi connectivity index (χ1) is 15.8. The number of aryl methyl sites for hydroxylation is 1. The van der Waals surface area contributed by atoms with Gasteiger partial charge < -0.3 is 19.5 Å². The molecule has 2 aromatic heterocycles. The Morgan fingerprint density at radius 2 is 1.88 bits per heavy atom. The first kappa shape index (κ1) is 23.6. The Bertz CT molecular complexity index is 1160. The highest BCUT2D eigenvalue weighted by Gasteiger charge is 2.17. The summed E-state index contributed by atoms with van der Waals surface area (Å²) in [5.74, 6) is 0.238. The molecular weight excluding hydrogens is 424 g/mol. The molecule has 0 radical (unpaired) electrons. The Morgan fingerprint density at radius 3 is 2.55 bits per heavy atom. The highest BCUT2D eigenvalue weighted by atomic mass is 16.5. The molecule has 0 aliphatic rings. The van der Waals surface area contributed by atoms with E-state index >= 15 is 0 Å². The molecule has 0 aliphatic heterocycles. The van der Waals surface area contributed by atoms with Gasteiger partial charge in [-0.1, -0.05) is 0 Å². The summed E-state index contributed by atoms with van der Waals surface area (Å²) in [6, 6.07) is 6.97. The largest absolute Gasteiger partial charge is 0.493 e. The van der Waals surface area contributed by atoms with Crippen molar-refractivity contribution < 1.29 is 23.8 Å². The van der Waals surface area contributed by atoms with E-state index in [1.54, 1.807) is 38.4 Å². The normalized spacial score (nSPS) is 10.6. The fraction of sp³-hybridized carbons (Fsp3) is 0.292. The van der Waals surface area contributed by atoms with Crippen LogP contribution in [0, 0.1) is 6.92 Å². The number of hydrogen-bond acceptors (Lipinski definition) is 8. The van der Waals surface area contributed by atoms with Gasteiger partial charge in [0.05, 0.1) is 36.9 Å². The fourth-order valence-corrected chi connectivity index (χ4v) is 3.04. The minimum Gasteiger partial charge on any atom is -0.493 e. The summed E-state index contributed by atoms with van der Waals surface area (Å²) >= 11 is 0. The van der Waals surface area contributed by atoms with Crippen molar-refractivity contribution in [2.75, 3.05) is 13.7 Å². The van der Waals surface area contributed by atoms with E-state index < -0.39 is 5.97 Å². The van der Waals surface area contributed by atoms with Crippen molar-refractivity contribution in [3.8, 4) is 28.6 Å². The maximum atomic E-state index is 12.7. The van der Waals surface area contributed by atoms with Crippen LogP contribution in [-0.4, -0.2) is 46.6 Å². The number of benzene rings is 1. The summed E-state index contributed by atoms with van der Waals surface area (Å²) in [5.41, 5.74) is 2.18. The van der Waals surface area contributed by atoms with Crippen LogP contribution in [0.3, 0.4) is 0 Å². The molecule has 2 heterocycles. The van der Waals surface area contributed by atoms with E-state index in [1.165, 1.54) is 12.4 Å². The van der Waals surface area contributed by atoms with Crippen LogP contribution < -0.4 is 19.5 Å². The maximum Gasteiger partial charge on any atom is 0.363 e. The van der Waals surface area contributed by atoms with Gasteiger partial charge in [-0.15, -0.1) is 0 Å². The standard InChI is InChI=1S/C24H26N4O5/c1-6-26-23(29)17-9-15(4)22(27-11-17)24(30)33-21-13-25-12-18(28-21)16-7-8-19(31-5)20(10-16)32-14(2)3/h7-14H,6H2,1-5H3,(H,26,29). The molecule has 0 aliphatic carbocycles. The molecule has 0 fully saturated rings. The van der Waals surface area contributed by atoms with Gasteiger partial charge >= 0.3 is 5.97 Å². The summed E-state index contributed by atoms with van der Waals surface area (Å²) in [6.45, 7) is 7.84. The third-order valence-corrected chi connectivity index (χ3v) is 4.50. The van der Waals surface area contributed by atoms with Gasteiger partial charge in [-0.2, -0.15) is 0 Å². The minimum atomic E-state index is -0.694. The second-order valence-electron chi connectivity index (χ2n) is 7.41. The maximum absolute atomic E-state index is 12.7. The first-order valence-electron chi connectivity index (χ1n) is 10.5. The zero-order chi connectivity index (χ0) is 24.0. The molecule has 33 heavy (non-hydrogen) atoms. The van der Waals surface area contributed by atoms with Crippen LogP contribution >= 0.6 is 0 Å². The van der Waals surface area contributed by atoms with Gasteiger partial charge in [0, 0.05) is 18.3 Å². The molecule has 172 valence electrons. The quantitative estimate of drug-likeness (QED) is 0.518. The van der Waals surface area contributed by atoms with Crippen molar-refractivity contribution in [2.24, 2.45) is 0 Å². The first-order valence-corrected chi connectivity index (χ1v) is 10.5. The highest BCUT2D eigenvalue weighted by molar-refractivity contribution is 5.96. The Labute approximate surface area is 192 Å². The van der Waals surface area contributed by atoms with E-state index in [1.807, 2.05) is 26.8 Å². The summed E-state index contributed by atoms with van der Waals surface area (Å²) in [7, 11) is 1.57. The van der Waals surface area contributed by atoms with E-state index in [4.69, 9.17) is 14.2 Å². The lowest BCUT2D eigenvalue weighted by atomic mass is 10.1. The van der Waals surface area contributed by atoms with Crippen molar-refractivity contribution in [1.29, 1.82) is 0 Å². The summed E-state index contributed by atoms with van der Waals surface area (Å²) in [6.07, 6.45) is 4.20. The van der Waals surface area contributed by atoms with E-state index in [-0.39, 0.29) is 23.6 Å². The van der Waals surface area contributed by atoms with E-state index in [2.05, 4.69) is 20.3 Å². The molecule has 9 heteroatoms. The second kappa shape index (κ2) is 10.5. The lowest BCUT2D eigenvalue weighted by molar-refractivity contribution is 0.0719. The molecule has 3 aromatic rings. The Kier molecular flexibility index (Phi) is 7.55. The molecule has 0 spiro atoms. The fourth-order valence-electron chi connectivity index (χ4n) is 3.04. The lowest BCUT2D eigenvalue weighted by Gasteiger charge is -2.14. The highest BCUT2D eigenvalue weighted by Crippen LogP contribution is 2.33. The van der Waals surface area contributed by atoms with Crippen LogP contribution in [0.1, 0.15) is 47.2 Å². The monoisotopic (exact) mass is 450 g/mol. The molecule has 0 unspecified atom stereocenters. The Balaban J connectivity index is 1.82. The zero-order valence-corrected chi connectivity index (χ0v) is 19.2. The van der Waals surface area contributed by atoms with Crippen LogP contribution in [0.15, 0.2) is 42.9 Å². The molecular formula is C24H26N4O5. The second-order valence-corrected chi connectivity index (χ2v) is 7.41. The molecule has 0 saturated carbocycles. The topological polar surface area (TPSA) is 113 Å². The van der Waals surface area contributed by atoms with Gasteiger partial charge in [-0.3, -0.25) is 9.78 Å². The molecule has 9 nitrogen and oxygen atoms in total. The zero-order valence-electron chi connectivity index (χ0n) is 19.2. The van der Waals surface area contributed by atoms with E-state index in [0.717, 1.165) is 5.56 Å². The van der Waals surface area contributed by atoms with Gasteiger partial charge in [-0.25, -0.2) is 14.8 Å². The number of nitrogens with zero attached hydrogens (tertiary/aromatic N) is 3. The average molecular weight is 450 g/mol. The molecule has 0 bridgehead atoms. The molecule has 1 amide bonds. The van der Waals surface area contributed by atoms with Crippen molar-refractivity contribution in [2.45, 2.75) is 33.8 Å². The molecule has 1 N–H and O–H groups in total. The van der Waals surface area contributed by atoms with Crippen LogP contribution in [-0.2, 0) is 0 Å². The summed E-state index contributed by atoms with van der Waals surface area (Å²) in [4.78, 5) is 37.2. The Hall–Kier alpha value is -4.01.